The number of aldehydes is 1. The predicted octanol–water partition coefficient (Wildman–Crippen LogP) is 0.861. The minimum atomic E-state index is -0.525. The van der Waals surface area contributed by atoms with Crippen LogP contribution in [-0.2, 0) is 9.59 Å². The van der Waals surface area contributed by atoms with Crippen LogP contribution in [0.3, 0.4) is 0 Å². The summed E-state index contributed by atoms with van der Waals surface area (Å²) in [5.74, 6) is -0.525. The fourth-order valence-electron chi connectivity index (χ4n) is 0.328. The summed E-state index contributed by atoms with van der Waals surface area (Å²) in [5.41, 5.74) is 0. The van der Waals surface area contributed by atoms with Gasteiger partial charge in [-0.2, -0.15) is 0 Å². The predicted molar refractivity (Wildman–Crippen MR) is 38.2 cm³/mol. The van der Waals surface area contributed by atoms with E-state index in [1.165, 1.54) is 6.08 Å². The van der Waals surface area contributed by atoms with Crippen molar-refractivity contribution in [3.63, 3.8) is 0 Å². The Labute approximate surface area is 62.1 Å². The molecule has 2 unspecified atom stereocenters. The van der Waals surface area contributed by atoms with Crippen LogP contribution in [-0.4, -0.2) is 17.4 Å². The standard InChI is InChI=1S/C6H6BrO2/c1-2-5(3-8)6(7)4-9/h2,4-6H,1H2. The van der Waals surface area contributed by atoms with E-state index >= 15 is 0 Å². The van der Waals surface area contributed by atoms with Gasteiger partial charge in [0.1, 0.15) is 6.29 Å². The largest absolute Gasteiger partial charge is 0.302 e. The lowest BCUT2D eigenvalue weighted by Gasteiger charge is -2.01. The fourth-order valence-corrected chi connectivity index (χ4v) is 0.652. The third-order valence-electron chi connectivity index (χ3n) is 0.863. The van der Waals surface area contributed by atoms with Crippen molar-refractivity contribution in [3.05, 3.63) is 12.7 Å². The molecule has 49 valence electrons. The topological polar surface area (TPSA) is 34.1 Å². The lowest BCUT2D eigenvalue weighted by molar-refractivity contribution is -0.107. The zero-order valence-electron chi connectivity index (χ0n) is 4.71. The van der Waals surface area contributed by atoms with Crippen molar-refractivity contribution >= 4 is 28.5 Å². The first kappa shape index (κ1) is 8.56. The van der Waals surface area contributed by atoms with Crippen molar-refractivity contribution in [1.82, 2.24) is 0 Å². The molecule has 9 heavy (non-hydrogen) atoms. The molecule has 0 aromatic carbocycles. The van der Waals surface area contributed by atoms with E-state index in [1.807, 2.05) is 0 Å². The third kappa shape index (κ3) is 2.56. The number of carbonyl (C=O) groups is 1. The summed E-state index contributed by atoms with van der Waals surface area (Å²) in [4.78, 5) is 19.5. The van der Waals surface area contributed by atoms with E-state index in [2.05, 4.69) is 22.5 Å². The minimum Gasteiger partial charge on any atom is -0.302 e. The van der Waals surface area contributed by atoms with E-state index in [-0.39, 0.29) is 0 Å². The SMILES string of the molecule is C=CC([C]=O)C(Br)C=O. The van der Waals surface area contributed by atoms with Gasteiger partial charge >= 0.3 is 0 Å². The van der Waals surface area contributed by atoms with Crippen LogP contribution >= 0.6 is 15.9 Å². The Morgan fingerprint density at radius 1 is 1.67 bits per heavy atom. The third-order valence-corrected chi connectivity index (χ3v) is 1.65. The van der Waals surface area contributed by atoms with Gasteiger partial charge in [0.05, 0.1) is 10.7 Å². The quantitative estimate of drug-likeness (QED) is 0.374. The van der Waals surface area contributed by atoms with E-state index in [4.69, 9.17) is 0 Å². The maximum atomic E-state index is 9.99. The van der Waals surface area contributed by atoms with Crippen LogP contribution in [0.15, 0.2) is 12.7 Å². The molecule has 0 aliphatic heterocycles. The Morgan fingerprint density at radius 2 is 2.22 bits per heavy atom. The summed E-state index contributed by atoms with van der Waals surface area (Å²) in [7, 11) is 0. The van der Waals surface area contributed by atoms with Crippen LogP contribution in [0, 0.1) is 5.92 Å². The summed E-state index contributed by atoms with van der Waals surface area (Å²) < 4.78 is 0. The lowest BCUT2D eigenvalue weighted by Crippen LogP contribution is -2.13. The molecule has 0 rings (SSSR count). The molecule has 2 atom stereocenters. The highest BCUT2D eigenvalue weighted by atomic mass is 79.9. The second-order valence-electron chi connectivity index (χ2n) is 1.46. The van der Waals surface area contributed by atoms with Gasteiger partial charge in [-0.15, -0.1) is 6.58 Å². The zero-order chi connectivity index (χ0) is 7.28. The van der Waals surface area contributed by atoms with Gasteiger partial charge in [-0.1, -0.05) is 22.0 Å². The molecule has 0 saturated carbocycles. The fraction of sp³-hybridized carbons (Fsp3) is 0.333. The van der Waals surface area contributed by atoms with Crippen molar-refractivity contribution in [2.75, 3.05) is 0 Å². The van der Waals surface area contributed by atoms with E-state index in [0.29, 0.717) is 6.29 Å². The molecule has 0 aromatic rings. The van der Waals surface area contributed by atoms with Crippen LogP contribution in [0.2, 0.25) is 0 Å². The summed E-state index contributed by atoms with van der Waals surface area (Å²) in [5, 5.41) is 0. The molecule has 0 fully saturated rings. The first-order valence-electron chi connectivity index (χ1n) is 2.35. The van der Waals surface area contributed by atoms with Gasteiger partial charge in [-0.3, -0.25) is 4.79 Å². The Kier molecular flexibility index (Phi) is 4.22. The molecule has 3 heteroatoms. The molecular formula is C6H6BrO2. The number of allylic oxidation sites excluding steroid dienone is 1. The Hall–Kier alpha value is -0.440. The second kappa shape index (κ2) is 4.44. The number of hydrogen-bond donors (Lipinski definition) is 0. The van der Waals surface area contributed by atoms with Crippen molar-refractivity contribution in [3.8, 4) is 0 Å². The first-order chi connectivity index (χ1) is 4.26. The monoisotopic (exact) mass is 189 g/mol. The van der Waals surface area contributed by atoms with E-state index in [9.17, 15) is 9.59 Å². The molecule has 0 aliphatic carbocycles. The van der Waals surface area contributed by atoms with Crippen molar-refractivity contribution in [1.29, 1.82) is 0 Å². The summed E-state index contributed by atoms with van der Waals surface area (Å²) in [6.45, 7) is 3.35. The van der Waals surface area contributed by atoms with Crippen molar-refractivity contribution in [2.24, 2.45) is 5.92 Å². The van der Waals surface area contributed by atoms with Gasteiger partial charge in [0.25, 0.3) is 0 Å². The molecule has 0 amide bonds. The van der Waals surface area contributed by atoms with Gasteiger partial charge < -0.3 is 4.79 Å². The van der Waals surface area contributed by atoms with E-state index in [0.717, 1.165) is 0 Å². The maximum Gasteiger partial charge on any atom is 0.207 e. The van der Waals surface area contributed by atoms with Gasteiger partial charge in [0, 0.05) is 0 Å². The molecule has 0 aromatic heterocycles. The molecule has 2 nitrogen and oxygen atoms in total. The molecule has 0 saturated heterocycles. The molecule has 0 aliphatic rings. The maximum absolute atomic E-state index is 9.99. The highest BCUT2D eigenvalue weighted by molar-refractivity contribution is 9.10. The minimum absolute atomic E-state index is 0.479. The Morgan fingerprint density at radius 3 is 2.33 bits per heavy atom. The molecule has 1 radical (unpaired) electrons. The highest BCUT2D eigenvalue weighted by Crippen LogP contribution is 2.08. The second-order valence-corrected chi connectivity index (χ2v) is 2.52. The van der Waals surface area contributed by atoms with E-state index in [1.54, 1.807) is 6.29 Å². The first-order valence-corrected chi connectivity index (χ1v) is 3.27. The molecular weight excluding hydrogens is 184 g/mol. The molecule has 0 bridgehead atoms. The van der Waals surface area contributed by atoms with Gasteiger partial charge in [-0.05, 0) is 0 Å². The van der Waals surface area contributed by atoms with Crippen LogP contribution in [0.1, 0.15) is 0 Å². The highest BCUT2D eigenvalue weighted by Gasteiger charge is 2.13. The van der Waals surface area contributed by atoms with Crippen LogP contribution in [0.25, 0.3) is 0 Å². The average Bonchev–Trinajstić information content (AvgIpc) is 1.90. The van der Waals surface area contributed by atoms with Gasteiger partial charge in [0.2, 0.25) is 6.29 Å². The smallest absolute Gasteiger partial charge is 0.207 e. The number of halogens is 1. The number of rotatable bonds is 4. The molecule has 0 heterocycles. The van der Waals surface area contributed by atoms with Gasteiger partial charge in [0.15, 0.2) is 0 Å². The zero-order valence-corrected chi connectivity index (χ0v) is 6.30. The summed E-state index contributed by atoms with van der Waals surface area (Å²) in [6.07, 6.45) is 3.67. The van der Waals surface area contributed by atoms with E-state index < -0.39 is 10.7 Å². The molecule has 0 N–H and O–H groups in total. The molecule has 0 spiro atoms. The Bertz CT molecular complexity index is 114. The van der Waals surface area contributed by atoms with Gasteiger partial charge in [-0.25, -0.2) is 0 Å². The van der Waals surface area contributed by atoms with Crippen LogP contribution in [0.4, 0.5) is 0 Å². The average molecular weight is 190 g/mol. The number of carbonyl (C=O) groups excluding carboxylic acids is 2. The van der Waals surface area contributed by atoms with Crippen LogP contribution < -0.4 is 0 Å². The Balaban J connectivity index is 3.92. The van der Waals surface area contributed by atoms with Crippen molar-refractivity contribution < 1.29 is 9.59 Å². The number of alkyl halides is 1. The van der Waals surface area contributed by atoms with Crippen LogP contribution in [0.5, 0.6) is 0 Å². The lowest BCUT2D eigenvalue weighted by atomic mass is 10.1. The summed E-state index contributed by atoms with van der Waals surface area (Å²) in [6, 6.07) is 0. The normalized spacial score (nSPS) is 15.7. The van der Waals surface area contributed by atoms with Crippen molar-refractivity contribution in [2.45, 2.75) is 4.83 Å². The summed E-state index contributed by atoms with van der Waals surface area (Å²) >= 11 is 2.96. The number of hydrogen-bond acceptors (Lipinski definition) is 2.